The molecule has 0 bridgehead atoms. The molecule has 4 aromatic carbocycles. The summed E-state index contributed by atoms with van der Waals surface area (Å²) in [7, 11) is 2.16. The third kappa shape index (κ3) is 6.92. The molecular weight excluding hydrogens is 678 g/mol. The van der Waals surface area contributed by atoms with Crippen molar-refractivity contribution in [2.24, 2.45) is 0 Å². The molecule has 9 heteroatoms. The summed E-state index contributed by atoms with van der Waals surface area (Å²) in [5.74, 6) is -0.119. The molecule has 8 nitrogen and oxygen atoms in total. The van der Waals surface area contributed by atoms with Crippen LogP contribution in [0.3, 0.4) is 0 Å². The fourth-order valence-electron chi connectivity index (χ4n) is 7.00. The molecule has 7 rings (SSSR count). The number of aryl methyl sites for hydroxylation is 1. The Morgan fingerprint density at radius 2 is 1.51 bits per heavy atom. The van der Waals surface area contributed by atoms with Gasteiger partial charge in [0.05, 0.1) is 16.8 Å². The maximum atomic E-state index is 14.8. The molecule has 1 atom stereocenters. The number of anilines is 2. The van der Waals surface area contributed by atoms with Crippen molar-refractivity contribution in [2.75, 3.05) is 44.7 Å². The summed E-state index contributed by atoms with van der Waals surface area (Å²) in [6.07, 6.45) is 2.63. The molecule has 0 spiro atoms. The first-order valence-corrected chi connectivity index (χ1v) is 17.5. The Bertz CT molecular complexity index is 1970. The van der Waals surface area contributed by atoms with Gasteiger partial charge in [-0.25, -0.2) is 0 Å². The summed E-state index contributed by atoms with van der Waals surface area (Å²) in [5, 5.41) is 9.93. The van der Waals surface area contributed by atoms with Gasteiger partial charge in [-0.05, 0) is 92.2 Å². The first-order chi connectivity index (χ1) is 23.7. The Morgan fingerprint density at radius 1 is 0.837 bits per heavy atom. The van der Waals surface area contributed by atoms with E-state index in [-0.39, 0.29) is 23.6 Å². The number of halogens is 1. The third-order valence-corrected chi connectivity index (χ3v) is 10.2. The lowest BCUT2D eigenvalue weighted by Gasteiger charge is -2.41. The van der Waals surface area contributed by atoms with Gasteiger partial charge in [-0.3, -0.25) is 19.4 Å². The minimum absolute atomic E-state index is 0.0269. The zero-order valence-electron chi connectivity index (χ0n) is 27.8. The summed E-state index contributed by atoms with van der Waals surface area (Å²) in [6, 6.07) is 32.2. The molecule has 2 aliphatic rings. The molecule has 0 aliphatic carbocycles. The Morgan fingerprint density at radius 3 is 2.24 bits per heavy atom. The minimum Gasteiger partial charge on any atom is -0.508 e. The summed E-state index contributed by atoms with van der Waals surface area (Å²) >= 11 is 3.64. The molecule has 2 aliphatic heterocycles. The van der Waals surface area contributed by atoms with Crippen LogP contribution in [0, 0.1) is 6.92 Å². The Balaban J connectivity index is 1.24. The highest BCUT2D eigenvalue weighted by Gasteiger charge is 2.34. The second-order valence-electron chi connectivity index (χ2n) is 13.1. The fraction of sp³-hybridized carbons (Fsp3) is 0.250. The number of carbonyl (C=O) groups is 2. The number of likely N-dealkylation sites (N-methyl/N-ethyl adjacent to an activating group) is 1. The van der Waals surface area contributed by atoms with Crippen LogP contribution < -0.4 is 4.90 Å². The predicted molar refractivity (Wildman–Crippen MR) is 197 cm³/mol. The number of rotatable bonds is 7. The van der Waals surface area contributed by atoms with Crippen molar-refractivity contribution in [3.8, 4) is 11.4 Å². The van der Waals surface area contributed by atoms with Gasteiger partial charge < -0.3 is 19.5 Å². The van der Waals surface area contributed by atoms with Gasteiger partial charge in [-0.1, -0.05) is 58.4 Å². The SMILES string of the molecule is Cc1cc(C(=O)N(c2ccccc2)c2ccc(O)cc2)cn1-c1ccc(Br)cc1C(=O)N1Cc2ccccc2C[C@H]1CN1CCN(C)CC1. The lowest BCUT2D eigenvalue weighted by Crippen LogP contribution is -2.53. The number of piperazine rings is 1. The van der Waals surface area contributed by atoms with Gasteiger partial charge in [0, 0.05) is 73.0 Å². The van der Waals surface area contributed by atoms with Gasteiger partial charge >= 0.3 is 0 Å². The monoisotopic (exact) mass is 717 g/mol. The van der Waals surface area contributed by atoms with E-state index in [0.29, 0.717) is 29.0 Å². The zero-order valence-corrected chi connectivity index (χ0v) is 29.4. The first kappa shape index (κ1) is 32.8. The number of aromatic hydroxyl groups is 1. The lowest BCUT2D eigenvalue weighted by molar-refractivity contribution is 0.0535. The van der Waals surface area contributed by atoms with Crippen molar-refractivity contribution < 1.29 is 14.7 Å². The van der Waals surface area contributed by atoms with Crippen LogP contribution >= 0.6 is 15.9 Å². The van der Waals surface area contributed by atoms with Crippen molar-refractivity contribution in [3.63, 3.8) is 0 Å². The largest absolute Gasteiger partial charge is 0.508 e. The second kappa shape index (κ2) is 14.0. The van der Waals surface area contributed by atoms with Crippen LogP contribution in [0.1, 0.15) is 37.5 Å². The van der Waals surface area contributed by atoms with Crippen LogP contribution in [0.2, 0.25) is 0 Å². The summed E-state index contributed by atoms with van der Waals surface area (Å²) in [4.78, 5) is 37.6. The molecule has 2 amide bonds. The maximum Gasteiger partial charge on any atom is 0.264 e. The molecule has 1 fully saturated rings. The highest BCUT2D eigenvalue weighted by Crippen LogP contribution is 2.32. The van der Waals surface area contributed by atoms with Crippen molar-refractivity contribution >= 4 is 39.1 Å². The minimum atomic E-state index is -0.219. The van der Waals surface area contributed by atoms with Crippen LogP contribution in [0.25, 0.3) is 5.69 Å². The molecule has 49 heavy (non-hydrogen) atoms. The van der Waals surface area contributed by atoms with Crippen LogP contribution in [0.15, 0.2) is 114 Å². The first-order valence-electron chi connectivity index (χ1n) is 16.7. The van der Waals surface area contributed by atoms with Crippen molar-refractivity contribution in [1.82, 2.24) is 19.3 Å². The van der Waals surface area contributed by atoms with Crippen LogP contribution in [-0.4, -0.2) is 82.0 Å². The van der Waals surface area contributed by atoms with Gasteiger partial charge in [-0.2, -0.15) is 0 Å². The van der Waals surface area contributed by atoms with E-state index in [0.717, 1.165) is 55.0 Å². The molecule has 1 aromatic heterocycles. The standard InChI is InChI=1S/C40H40BrN5O3/c1-28-22-31(39(48)46(33-10-4-3-5-11-33)34-13-15-36(47)16-14-34)26-44(28)38-17-12-32(41)24-37(38)40(49)45-25-30-9-7-6-8-29(30)23-35(45)27-43-20-18-42(2)19-21-43/h3-17,22,24,26,35,47H,18-21,23,25,27H2,1-2H3/t35-/m0/s1. The number of benzene rings is 4. The van der Waals surface area contributed by atoms with Gasteiger partial charge in [0.2, 0.25) is 0 Å². The zero-order chi connectivity index (χ0) is 34.1. The molecule has 1 N–H and O–H groups in total. The number of amides is 2. The van der Waals surface area contributed by atoms with Crippen LogP contribution in [-0.2, 0) is 13.0 Å². The van der Waals surface area contributed by atoms with E-state index >= 15 is 0 Å². The van der Waals surface area contributed by atoms with Gasteiger partial charge in [0.1, 0.15) is 5.75 Å². The number of phenols is 1. The van der Waals surface area contributed by atoms with Crippen LogP contribution in [0.5, 0.6) is 5.75 Å². The maximum absolute atomic E-state index is 14.8. The van der Waals surface area contributed by atoms with E-state index in [1.165, 1.54) is 11.1 Å². The fourth-order valence-corrected chi connectivity index (χ4v) is 7.36. The van der Waals surface area contributed by atoms with E-state index in [2.05, 4.69) is 55.9 Å². The number of phenolic OH excluding ortho intramolecular Hbond substituents is 1. The molecule has 0 unspecified atom stereocenters. The summed E-state index contributed by atoms with van der Waals surface area (Å²) in [6.45, 7) is 7.35. The van der Waals surface area contributed by atoms with Crippen molar-refractivity contribution in [1.29, 1.82) is 0 Å². The highest BCUT2D eigenvalue weighted by atomic mass is 79.9. The second-order valence-corrected chi connectivity index (χ2v) is 14.0. The van der Waals surface area contributed by atoms with E-state index in [1.807, 2.05) is 78.4 Å². The number of para-hydroxylation sites is 1. The number of hydrogen-bond donors (Lipinski definition) is 1. The molecule has 3 heterocycles. The molecule has 1 saturated heterocycles. The Labute approximate surface area is 295 Å². The lowest BCUT2D eigenvalue weighted by atomic mass is 9.92. The van der Waals surface area contributed by atoms with Gasteiger partial charge in [-0.15, -0.1) is 0 Å². The third-order valence-electron chi connectivity index (χ3n) is 9.71. The average molecular weight is 719 g/mol. The van der Waals surface area contributed by atoms with Gasteiger partial charge in [0.25, 0.3) is 11.8 Å². The van der Waals surface area contributed by atoms with Crippen LogP contribution in [0.4, 0.5) is 11.4 Å². The van der Waals surface area contributed by atoms with E-state index < -0.39 is 0 Å². The normalized spacial score (nSPS) is 16.7. The van der Waals surface area contributed by atoms with E-state index in [9.17, 15) is 14.7 Å². The van der Waals surface area contributed by atoms with Crippen molar-refractivity contribution in [3.05, 3.63) is 142 Å². The number of aromatic nitrogens is 1. The van der Waals surface area contributed by atoms with Gasteiger partial charge in [0.15, 0.2) is 0 Å². The van der Waals surface area contributed by atoms with E-state index in [4.69, 9.17) is 0 Å². The summed E-state index contributed by atoms with van der Waals surface area (Å²) < 4.78 is 2.76. The molecule has 0 saturated carbocycles. The average Bonchev–Trinajstić information content (AvgIpc) is 3.51. The molecule has 5 aromatic rings. The number of carbonyl (C=O) groups excluding carboxylic acids is 2. The number of fused-ring (bicyclic) bond motifs is 1. The summed E-state index contributed by atoms with van der Waals surface area (Å²) in [5.41, 5.74) is 6.44. The Hall–Kier alpha value is -4.70. The predicted octanol–water partition coefficient (Wildman–Crippen LogP) is 7.05. The quantitative estimate of drug-likeness (QED) is 0.196. The molecule has 250 valence electrons. The smallest absolute Gasteiger partial charge is 0.264 e. The number of hydrogen-bond acceptors (Lipinski definition) is 5. The molecule has 0 radical (unpaired) electrons. The number of nitrogens with zero attached hydrogens (tertiary/aromatic N) is 5. The Kier molecular flexibility index (Phi) is 9.40. The molecular formula is C40H40BrN5O3. The highest BCUT2D eigenvalue weighted by molar-refractivity contribution is 9.10. The van der Waals surface area contributed by atoms with E-state index in [1.54, 1.807) is 29.2 Å². The topological polar surface area (TPSA) is 72.3 Å². The van der Waals surface area contributed by atoms with Crippen molar-refractivity contribution in [2.45, 2.75) is 25.9 Å².